The first kappa shape index (κ1) is 18.0. The number of hydrogen-bond acceptors (Lipinski definition) is 3. The molecule has 1 aromatic heterocycles. The van der Waals surface area contributed by atoms with Crippen LogP contribution in [-0.4, -0.2) is 6.21 Å². The number of aliphatic imine (C=N–C) groups is 1. The van der Waals surface area contributed by atoms with Gasteiger partial charge in [-0.05, 0) is 47.5 Å². The Kier molecular flexibility index (Phi) is 5.18. The molecule has 0 unspecified atom stereocenters. The van der Waals surface area contributed by atoms with Crippen LogP contribution < -0.4 is 5.63 Å². The van der Waals surface area contributed by atoms with Crippen molar-refractivity contribution < 1.29 is 4.42 Å². The van der Waals surface area contributed by atoms with Crippen LogP contribution in [0, 0.1) is 0 Å². The van der Waals surface area contributed by atoms with Crippen molar-refractivity contribution in [3.05, 3.63) is 106 Å². The summed E-state index contributed by atoms with van der Waals surface area (Å²) in [6.45, 7) is 0. The van der Waals surface area contributed by atoms with Crippen molar-refractivity contribution in [3.8, 4) is 11.1 Å². The summed E-state index contributed by atoms with van der Waals surface area (Å²) in [4.78, 5) is 16.7. The van der Waals surface area contributed by atoms with Crippen molar-refractivity contribution in [2.24, 2.45) is 4.99 Å². The van der Waals surface area contributed by atoms with Gasteiger partial charge in [-0.2, -0.15) is 0 Å². The summed E-state index contributed by atoms with van der Waals surface area (Å²) in [7, 11) is 0. The van der Waals surface area contributed by atoms with E-state index in [2.05, 4.69) is 4.99 Å². The van der Waals surface area contributed by atoms with Crippen LogP contribution in [0.25, 0.3) is 28.2 Å². The molecule has 0 amide bonds. The van der Waals surface area contributed by atoms with Crippen molar-refractivity contribution in [2.75, 3.05) is 0 Å². The Balaban J connectivity index is 1.54. The van der Waals surface area contributed by atoms with Gasteiger partial charge < -0.3 is 4.42 Å². The summed E-state index contributed by atoms with van der Waals surface area (Å²) < 4.78 is 5.40. The second-order valence-electron chi connectivity index (χ2n) is 6.19. The molecule has 0 saturated carbocycles. The van der Waals surface area contributed by atoms with Gasteiger partial charge in [0.15, 0.2) is 0 Å². The van der Waals surface area contributed by atoms with Gasteiger partial charge >= 0.3 is 5.63 Å². The lowest BCUT2D eigenvalue weighted by atomic mass is 10.1. The quantitative estimate of drug-likeness (QED) is 0.296. The molecule has 0 N–H and O–H groups in total. The summed E-state index contributed by atoms with van der Waals surface area (Å²) in [5.41, 5.74) is 3.30. The molecule has 3 nitrogen and oxygen atoms in total. The van der Waals surface area contributed by atoms with Crippen LogP contribution in [0.15, 0.2) is 99.1 Å². The van der Waals surface area contributed by atoms with Crippen LogP contribution >= 0.6 is 11.6 Å². The van der Waals surface area contributed by atoms with Crippen molar-refractivity contribution in [3.63, 3.8) is 0 Å². The fraction of sp³-hybridized carbons (Fsp3) is 0. The predicted molar refractivity (Wildman–Crippen MR) is 117 cm³/mol. The number of nitrogens with zero attached hydrogens (tertiary/aromatic N) is 1. The average molecular weight is 386 g/mol. The molecule has 4 rings (SSSR count). The van der Waals surface area contributed by atoms with Crippen LogP contribution in [-0.2, 0) is 0 Å². The Labute approximate surface area is 167 Å². The largest absolute Gasteiger partial charge is 0.422 e. The molecule has 0 saturated heterocycles. The number of hydrogen-bond donors (Lipinski definition) is 0. The Morgan fingerprint density at radius 3 is 2.46 bits per heavy atom. The van der Waals surface area contributed by atoms with Gasteiger partial charge in [0.05, 0.1) is 11.3 Å². The van der Waals surface area contributed by atoms with Gasteiger partial charge in [0.2, 0.25) is 0 Å². The third kappa shape index (κ3) is 3.95. The Hall–Kier alpha value is -3.43. The standard InChI is InChI=1S/C24H16ClNO2/c25-22-9-3-1-6-18(22)8-5-15-26-20-13-11-17(12-14-20)21-16-19-7-2-4-10-23(19)28-24(21)27/h1-16H/b8-5+,26-15?. The highest BCUT2D eigenvalue weighted by molar-refractivity contribution is 6.32. The van der Waals surface area contributed by atoms with Crippen LogP contribution in [0.1, 0.15) is 5.56 Å². The Morgan fingerprint density at radius 2 is 1.64 bits per heavy atom. The first-order chi connectivity index (χ1) is 13.7. The fourth-order valence-corrected chi connectivity index (χ4v) is 3.08. The van der Waals surface area contributed by atoms with Crippen LogP contribution in [0.3, 0.4) is 0 Å². The zero-order valence-electron chi connectivity index (χ0n) is 14.9. The molecular formula is C24H16ClNO2. The van der Waals surface area contributed by atoms with E-state index >= 15 is 0 Å². The fourth-order valence-electron chi connectivity index (χ4n) is 2.88. The zero-order valence-corrected chi connectivity index (χ0v) is 15.6. The van der Waals surface area contributed by atoms with Crippen molar-refractivity contribution in [2.45, 2.75) is 0 Å². The lowest BCUT2D eigenvalue weighted by Gasteiger charge is -2.03. The van der Waals surface area contributed by atoms with E-state index in [9.17, 15) is 4.79 Å². The average Bonchev–Trinajstić information content (AvgIpc) is 2.72. The molecule has 0 fully saturated rings. The molecule has 0 atom stereocenters. The van der Waals surface area contributed by atoms with E-state index < -0.39 is 0 Å². The van der Waals surface area contributed by atoms with E-state index in [0.29, 0.717) is 16.2 Å². The van der Waals surface area contributed by atoms with Gasteiger partial charge in [0, 0.05) is 16.6 Å². The Bertz CT molecular complexity index is 1240. The third-order valence-corrected chi connectivity index (χ3v) is 4.65. The highest BCUT2D eigenvalue weighted by Gasteiger charge is 2.07. The highest BCUT2D eigenvalue weighted by atomic mass is 35.5. The molecule has 0 aliphatic carbocycles. The number of allylic oxidation sites excluding steroid dienone is 1. The molecule has 28 heavy (non-hydrogen) atoms. The lowest BCUT2D eigenvalue weighted by molar-refractivity contribution is 0.563. The maximum absolute atomic E-state index is 12.3. The number of para-hydroxylation sites is 1. The smallest absolute Gasteiger partial charge is 0.344 e. The highest BCUT2D eigenvalue weighted by Crippen LogP contribution is 2.23. The second kappa shape index (κ2) is 8.07. The topological polar surface area (TPSA) is 42.6 Å². The molecule has 1 heterocycles. The molecule has 0 bridgehead atoms. The minimum Gasteiger partial charge on any atom is -0.422 e. The van der Waals surface area contributed by atoms with Gasteiger partial charge in [-0.1, -0.05) is 66.2 Å². The second-order valence-corrected chi connectivity index (χ2v) is 6.60. The molecule has 0 aliphatic heterocycles. The number of halogens is 1. The normalized spacial score (nSPS) is 11.6. The van der Waals surface area contributed by atoms with Crippen molar-refractivity contribution >= 4 is 40.5 Å². The molecule has 0 aliphatic rings. The van der Waals surface area contributed by atoms with Crippen LogP contribution in [0.4, 0.5) is 5.69 Å². The maximum Gasteiger partial charge on any atom is 0.344 e. The predicted octanol–water partition coefficient (Wildman–Crippen LogP) is 6.53. The minimum absolute atomic E-state index is 0.349. The monoisotopic (exact) mass is 385 g/mol. The first-order valence-corrected chi connectivity index (χ1v) is 9.17. The summed E-state index contributed by atoms with van der Waals surface area (Å²) in [6.07, 6.45) is 5.45. The molecule has 0 radical (unpaired) electrons. The first-order valence-electron chi connectivity index (χ1n) is 8.79. The van der Waals surface area contributed by atoms with Crippen LogP contribution in [0.5, 0.6) is 0 Å². The van der Waals surface area contributed by atoms with Gasteiger partial charge in [0.1, 0.15) is 5.58 Å². The van der Waals surface area contributed by atoms with Gasteiger partial charge in [-0.15, -0.1) is 0 Å². The molecule has 3 aromatic carbocycles. The number of fused-ring (bicyclic) bond motifs is 1. The van der Waals surface area contributed by atoms with E-state index in [4.69, 9.17) is 16.0 Å². The maximum atomic E-state index is 12.3. The molecular weight excluding hydrogens is 370 g/mol. The van der Waals surface area contributed by atoms with Gasteiger partial charge in [-0.25, -0.2) is 4.79 Å². The molecule has 4 aromatic rings. The summed E-state index contributed by atoms with van der Waals surface area (Å²) in [5.74, 6) is 0. The number of benzene rings is 3. The minimum atomic E-state index is -0.349. The molecule has 136 valence electrons. The zero-order chi connectivity index (χ0) is 19.3. The summed E-state index contributed by atoms with van der Waals surface area (Å²) in [6, 6.07) is 24.4. The summed E-state index contributed by atoms with van der Waals surface area (Å²) in [5, 5.41) is 1.59. The van der Waals surface area contributed by atoms with E-state index in [1.165, 1.54) is 0 Å². The third-order valence-electron chi connectivity index (χ3n) is 4.31. The van der Waals surface area contributed by atoms with E-state index in [1.54, 1.807) is 12.3 Å². The van der Waals surface area contributed by atoms with Crippen LogP contribution in [0.2, 0.25) is 5.02 Å². The van der Waals surface area contributed by atoms with Crippen molar-refractivity contribution in [1.82, 2.24) is 0 Å². The van der Waals surface area contributed by atoms with E-state index in [0.717, 1.165) is 22.2 Å². The van der Waals surface area contributed by atoms with E-state index in [-0.39, 0.29) is 5.63 Å². The van der Waals surface area contributed by atoms with Gasteiger partial charge in [-0.3, -0.25) is 4.99 Å². The summed E-state index contributed by atoms with van der Waals surface area (Å²) >= 11 is 6.12. The number of rotatable bonds is 4. The molecule has 0 spiro atoms. The molecule has 4 heteroatoms. The van der Waals surface area contributed by atoms with Crippen molar-refractivity contribution in [1.29, 1.82) is 0 Å². The lowest BCUT2D eigenvalue weighted by Crippen LogP contribution is -2.02. The van der Waals surface area contributed by atoms with Gasteiger partial charge in [0.25, 0.3) is 0 Å². The Morgan fingerprint density at radius 1 is 0.893 bits per heavy atom. The SMILES string of the molecule is O=c1oc2ccccc2cc1-c1ccc(N=C/C=C/c2ccccc2Cl)cc1. The van der Waals surface area contributed by atoms with E-state index in [1.807, 2.05) is 84.9 Å².